The van der Waals surface area contributed by atoms with E-state index < -0.39 is 11.5 Å². The van der Waals surface area contributed by atoms with Gasteiger partial charge in [-0.2, -0.15) is 0 Å². The van der Waals surface area contributed by atoms with E-state index in [1.54, 1.807) is 0 Å². The Bertz CT molecular complexity index is 2830. The summed E-state index contributed by atoms with van der Waals surface area (Å²) in [6, 6.07) is 52.4. The van der Waals surface area contributed by atoms with Gasteiger partial charge in [0, 0.05) is 11.8 Å². The molecular formula is C62H63Cl2CoN3O2. The maximum atomic E-state index is 14.2. The van der Waals surface area contributed by atoms with Gasteiger partial charge in [0.2, 0.25) is 0 Å². The Hall–Kier alpha value is -5.50. The summed E-state index contributed by atoms with van der Waals surface area (Å²) in [6.45, 7) is 6.33. The number of hydrogen-bond donors (Lipinski definition) is 2. The number of aliphatic imine (C=N–C) groups is 2. The summed E-state index contributed by atoms with van der Waals surface area (Å²) in [7, 11) is 9.47. The molecule has 2 saturated carbocycles. The fraction of sp³-hybridized carbons (Fsp3) is 0.306. The quantitative estimate of drug-likeness (QED) is 0.0947. The van der Waals surface area contributed by atoms with Crippen LogP contribution in [-0.4, -0.2) is 28.0 Å². The second-order valence-electron chi connectivity index (χ2n) is 19.7. The van der Waals surface area contributed by atoms with Gasteiger partial charge in [0.25, 0.3) is 0 Å². The maximum absolute atomic E-state index is 14.2. The van der Waals surface area contributed by atoms with Gasteiger partial charge in [-0.3, -0.25) is 9.98 Å². The molecule has 1 heterocycles. The van der Waals surface area contributed by atoms with Crippen molar-refractivity contribution < 1.29 is 22.8 Å². The molecule has 0 saturated heterocycles. The van der Waals surface area contributed by atoms with Crippen LogP contribution in [0.5, 0.6) is 0 Å². The summed E-state index contributed by atoms with van der Waals surface area (Å²) in [4.78, 5) is 25.6. The fourth-order valence-corrected chi connectivity index (χ4v) is 11.8. The molecule has 1 aliphatic heterocycles. The summed E-state index contributed by atoms with van der Waals surface area (Å²) in [6.07, 6.45) is 15.7. The summed E-state index contributed by atoms with van der Waals surface area (Å²) in [5.74, 6) is -0.325. The van der Waals surface area contributed by atoms with Crippen LogP contribution in [-0.2, 0) is 17.7 Å². The van der Waals surface area contributed by atoms with E-state index in [4.69, 9.17) is 30.3 Å². The standard InChI is InChI=1S/C62H63N3O2.2ClH.Co/c1-41-37-51(44-21-16-17-22-44)59(53(39-41)56(46-25-8-4-9-26-46)47-27-10-5-11-28-47)63-43(3)62(61(66)67)36-35-50-33-20-34-55(58(50)65-62)64-60-52(45-23-18-19-24-45)38-42(2)40-54(60)57(48-29-12-6-13-30-48)49-31-14-7-15-32-49;;;/h4-15,25-32,35-40,44-45,56-57,65H,16-24,33-34H2,1-3H3,(H,66,67);2*1H;/q;;;+2/p-2. The minimum atomic E-state index is -1.60. The molecule has 0 bridgehead atoms. The van der Waals surface area contributed by atoms with E-state index in [2.05, 4.69) is 171 Å². The minimum absolute atomic E-state index is 0.0288. The van der Waals surface area contributed by atoms with Gasteiger partial charge < -0.3 is 10.4 Å². The third kappa shape index (κ3) is 10.6. The molecule has 1 unspecified atom stereocenters. The van der Waals surface area contributed by atoms with E-state index in [0.29, 0.717) is 30.4 Å². The Morgan fingerprint density at radius 1 is 0.629 bits per heavy atom. The Balaban J connectivity index is 0.00000198. The molecule has 2 fully saturated rings. The molecule has 6 aromatic carbocycles. The summed E-state index contributed by atoms with van der Waals surface area (Å²) in [5.41, 5.74) is 15.8. The summed E-state index contributed by atoms with van der Waals surface area (Å²) < 4.78 is 0. The van der Waals surface area contributed by atoms with Crippen LogP contribution in [0.2, 0.25) is 0 Å². The van der Waals surface area contributed by atoms with E-state index in [0.717, 1.165) is 78.9 Å². The zero-order chi connectivity index (χ0) is 48.6. The Kier molecular flexibility index (Phi) is 16.1. The van der Waals surface area contributed by atoms with Crippen molar-refractivity contribution in [2.75, 3.05) is 0 Å². The zero-order valence-electron chi connectivity index (χ0n) is 40.4. The number of carboxylic acids is 1. The van der Waals surface area contributed by atoms with E-state index in [1.807, 2.05) is 13.0 Å². The molecule has 0 aromatic heterocycles. The predicted octanol–water partition coefficient (Wildman–Crippen LogP) is 16.6. The number of nitrogens with zero attached hydrogens (tertiary/aromatic N) is 2. The van der Waals surface area contributed by atoms with Crippen LogP contribution in [0, 0.1) is 13.8 Å². The number of aryl methyl sites for hydroxylation is 2. The molecular weight excluding hydrogens is 949 g/mol. The van der Waals surface area contributed by atoms with E-state index in [1.165, 1.54) is 75.8 Å². The number of carbonyl (C=O) groups is 1. The molecule has 10 rings (SSSR count). The second kappa shape index (κ2) is 22.7. The number of carboxylic acid groups (broad SMARTS) is 1. The molecule has 70 heavy (non-hydrogen) atoms. The monoisotopic (exact) mass is 1010 g/mol. The zero-order valence-corrected chi connectivity index (χ0v) is 43.0. The second-order valence-corrected chi connectivity index (χ2v) is 21.4. The molecule has 8 heteroatoms. The van der Waals surface area contributed by atoms with Crippen molar-refractivity contribution in [2.24, 2.45) is 9.98 Å². The molecule has 6 aromatic rings. The van der Waals surface area contributed by atoms with Gasteiger partial charge in [0.15, 0.2) is 5.54 Å². The van der Waals surface area contributed by atoms with Gasteiger partial charge in [-0.1, -0.05) is 188 Å². The molecule has 361 valence electrons. The van der Waals surface area contributed by atoms with Crippen molar-refractivity contribution >= 4 is 49.1 Å². The molecule has 2 N–H and O–H groups in total. The number of dihydropyridines is 1. The van der Waals surface area contributed by atoms with Crippen molar-refractivity contribution in [3.8, 4) is 0 Å². The SMILES string of the molecule is CC(=Nc1c(C2CCCC2)cc(C)cc1C(c1ccccc1)c1ccccc1)C1(C(=O)O)C=CC2=C(N1)C(=Nc1c(C3CCCC3)cc(C)cc1C(c1ccccc1)c1ccccc1)CCC2.[Cl][Co][Cl]. The van der Waals surface area contributed by atoms with Crippen LogP contribution >= 0.6 is 20.3 Å². The van der Waals surface area contributed by atoms with Gasteiger partial charge in [-0.25, -0.2) is 4.79 Å². The Morgan fingerprint density at radius 2 is 1.04 bits per heavy atom. The van der Waals surface area contributed by atoms with Crippen LogP contribution < -0.4 is 5.32 Å². The van der Waals surface area contributed by atoms with E-state index in [-0.39, 0.29) is 11.8 Å². The first-order valence-corrected chi connectivity index (χ1v) is 28.0. The van der Waals surface area contributed by atoms with Gasteiger partial charge >= 0.3 is 39.2 Å². The summed E-state index contributed by atoms with van der Waals surface area (Å²) >= 11 is 0.382. The number of rotatable bonds is 12. The summed E-state index contributed by atoms with van der Waals surface area (Å²) in [5, 5.41) is 15.3. The van der Waals surface area contributed by atoms with E-state index in [9.17, 15) is 9.90 Å². The van der Waals surface area contributed by atoms with Crippen molar-refractivity contribution in [2.45, 2.75) is 121 Å². The van der Waals surface area contributed by atoms with Crippen LogP contribution in [0.3, 0.4) is 0 Å². The van der Waals surface area contributed by atoms with Crippen LogP contribution in [0.1, 0.15) is 157 Å². The van der Waals surface area contributed by atoms with Gasteiger partial charge in [0.1, 0.15) is 0 Å². The molecule has 0 spiro atoms. The Morgan fingerprint density at radius 3 is 1.47 bits per heavy atom. The molecule has 5 nitrogen and oxygen atoms in total. The number of halogens is 2. The van der Waals surface area contributed by atoms with Crippen LogP contribution in [0.4, 0.5) is 11.4 Å². The number of benzene rings is 6. The van der Waals surface area contributed by atoms with Gasteiger partial charge in [-0.05, 0) is 134 Å². The average molecular weight is 1010 g/mol. The fourth-order valence-electron chi connectivity index (χ4n) is 11.8. The number of nitrogens with one attached hydrogen (secondary N) is 1. The normalized spacial score (nSPS) is 19.1. The first kappa shape index (κ1) is 49.5. The number of hydrogen-bond acceptors (Lipinski definition) is 4. The van der Waals surface area contributed by atoms with Crippen molar-refractivity contribution in [1.29, 1.82) is 0 Å². The molecule has 1 atom stereocenters. The van der Waals surface area contributed by atoms with Crippen LogP contribution in [0.25, 0.3) is 0 Å². The van der Waals surface area contributed by atoms with E-state index >= 15 is 0 Å². The first-order chi connectivity index (χ1) is 34.2. The molecule has 0 amide bonds. The topological polar surface area (TPSA) is 74.0 Å². The molecule has 3 aliphatic carbocycles. The van der Waals surface area contributed by atoms with Gasteiger partial charge in [0.05, 0.1) is 28.5 Å². The van der Waals surface area contributed by atoms with Crippen molar-refractivity contribution in [3.63, 3.8) is 0 Å². The Labute approximate surface area is 429 Å². The number of aliphatic carboxylic acids is 1. The third-order valence-corrected chi connectivity index (χ3v) is 15.1. The third-order valence-electron chi connectivity index (χ3n) is 15.1. The number of allylic oxidation sites excluding steroid dienone is 3. The average Bonchev–Trinajstić information content (AvgIpc) is 4.14. The molecule has 0 radical (unpaired) electrons. The van der Waals surface area contributed by atoms with Crippen LogP contribution in [0.15, 0.2) is 179 Å². The van der Waals surface area contributed by atoms with Gasteiger partial charge in [-0.15, -0.1) is 0 Å². The van der Waals surface area contributed by atoms with Crippen molar-refractivity contribution in [1.82, 2.24) is 5.32 Å². The molecule has 4 aliphatic rings. The first-order valence-electron chi connectivity index (χ1n) is 25.1. The van der Waals surface area contributed by atoms with Crippen molar-refractivity contribution in [3.05, 3.63) is 225 Å². The predicted molar refractivity (Wildman–Crippen MR) is 288 cm³/mol.